The molecule has 0 aliphatic carbocycles. The number of hydrogen-bond donors (Lipinski definition) is 2. The van der Waals surface area contributed by atoms with Crippen LogP contribution in [-0.2, 0) is 0 Å². The molecule has 0 aromatic rings. The molecule has 0 aromatic carbocycles. The van der Waals surface area contributed by atoms with E-state index in [-0.39, 0.29) is 0 Å². The minimum Gasteiger partial charge on any atom is -0.396 e. The number of aliphatic imine (C=N–C) groups is 1. The minimum absolute atomic E-state index is 0.305. The van der Waals surface area contributed by atoms with Gasteiger partial charge in [-0.05, 0) is 25.7 Å². The zero-order valence-corrected chi connectivity index (χ0v) is 10.9. The normalized spacial score (nSPS) is 18.2. The van der Waals surface area contributed by atoms with Gasteiger partial charge in [-0.2, -0.15) is 0 Å². The first-order valence-electron chi connectivity index (χ1n) is 7.00. The van der Waals surface area contributed by atoms with Gasteiger partial charge in [0, 0.05) is 26.2 Å². The van der Waals surface area contributed by atoms with Gasteiger partial charge < -0.3 is 15.7 Å². The van der Waals surface area contributed by atoms with Crippen LogP contribution in [0.5, 0.6) is 0 Å². The molecule has 0 aromatic heterocycles. The molecule has 4 heteroatoms. The summed E-state index contributed by atoms with van der Waals surface area (Å²) in [7, 11) is 0. The van der Waals surface area contributed by atoms with Crippen molar-refractivity contribution in [3.8, 4) is 0 Å². The molecule has 0 saturated carbocycles. The van der Waals surface area contributed by atoms with Crippen LogP contribution in [0.15, 0.2) is 4.99 Å². The number of nitrogens with zero attached hydrogens (tertiary/aromatic N) is 2. The molecule has 1 heterocycles. The van der Waals surface area contributed by atoms with Gasteiger partial charge in [-0.15, -0.1) is 0 Å². The maximum absolute atomic E-state index is 8.65. The van der Waals surface area contributed by atoms with Crippen molar-refractivity contribution >= 4 is 5.96 Å². The van der Waals surface area contributed by atoms with E-state index in [0.29, 0.717) is 6.61 Å². The van der Waals surface area contributed by atoms with Crippen molar-refractivity contribution in [2.45, 2.75) is 51.4 Å². The van der Waals surface area contributed by atoms with E-state index in [2.05, 4.69) is 9.89 Å². The number of aliphatic hydroxyl groups is 1. The van der Waals surface area contributed by atoms with Crippen LogP contribution < -0.4 is 5.73 Å². The quantitative estimate of drug-likeness (QED) is 0.423. The molecule has 0 atom stereocenters. The second-order valence-corrected chi connectivity index (χ2v) is 4.78. The number of rotatable bonds is 6. The minimum atomic E-state index is 0.305. The number of likely N-dealkylation sites (tertiary alicyclic amines) is 1. The van der Waals surface area contributed by atoms with Crippen molar-refractivity contribution < 1.29 is 5.11 Å². The molecule has 0 unspecified atom stereocenters. The lowest BCUT2D eigenvalue weighted by Crippen LogP contribution is -2.38. The van der Waals surface area contributed by atoms with Crippen LogP contribution in [0.3, 0.4) is 0 Å². The first kappa shape index (κ1) is 14.3. The van der Waals surface area contributed by atoms with Crippen molar-refractivity contribution in [2.75, 3.05) is 26.2 Å². The molecule has 3 N–H and O–H groups in total. The number of guanidine groups is 1. The summed E-state index contributed by atoms with van der Waals surface area (Å²) in [5.74, 6) is 0.731. The lowest BCUT2D eigenvalue weighted by Gasteiger charge is -2.21. The van der Waals surface area contributed by atoms with E-state index in [0.717, 1.165) is 51.3 Å². The number of hydrogen-bond acceptors (Lipinski definition) is 2. The highest BCUT2D eigenvalue weighted by molar-refractivity contribution is 5.78. The van der Waals surface area contributed by atoms with Gasteiger partial charge in [0.25, 0.3) is 0 Å². The largest absolute Gasteiger partial charge is 0.396 e. The Hall–Kier alpha value is -0.770. The van der Waals surface area contributed by atoms with E-state index >= 15 is 0 Å². The second-order valence-electron chi connectivity index (χ2n) is 4.78. The second kappa shape index (κ2) is 9.28. The third-order valence-electron chi connectivity index (χ3n) is 3.27. The summed E-state index contributed by atoms with van der Waals surface area (Å²) in [6.07, 6.45) is 9.35. The number of aliphatic hydroxyl groups excluding tert-OH is 1. The van der Waals surface area contributed by atoms with E-state index in [9.17, 15) is 0 Å². The highest BCUT2D eigenvalue weighted by Crippen LogP contribution is 2.09. The van der Waals surface area contributed by atoms with E-state index < -0.39 is 0 Å². The van der Waals surface area contributed by atoms with Gasteiger partial charge in [0.15, 0.2) is 5.96 Å². The summed E-state index contributed by atoms with van der Waals surface area (Å²) < 4.78 is 0. The summed E-state index contributed by atoms with van der Waals surface area (Å²) in [5, 5.41) is 8.65. The topological polar surface area (TPSA) is 61.9 Å². The summed E-state index contributed by atoms with van der Waals surface area (Å²) in [4.78, 5) is 6.67. The lowest BCUT2D eigenvalue weighted by atomic mass is 10.2. The molecular formula is C13H27N3O. The third-order valence-corrected chi connectivity index (χ3v) is 3.27. The maximum Gasteiger partial charge on any atom is 0.191 e. The fourth-order valence-corrected chi connectivity index (χ4v) is 2.17. The summed E-state index contributed by atoms with van der Waals surface area (Å²) >= 11 is 0. The first-order valence-corrected chi connectivity index (χ1v) is 7.00. The molecule has 1 saturated heterocycles. The summed E-state index contributed by atoms with van der Waals surface area (Å²) in [5.41, 5.74) is 5.99. The van der Waals surface area contributed by atoms with Gasteiger partial charge >= 0.3 is 0 Å². The van der Waals surface area contributed by atoms with Gasteiger partial charge in [-0.25, -0.2) is 0 Å². The van der Waals surface area contributed by atoms with Crippen LogP contribution in [0.4, 0.5) is 0 Å². The van der Waals surface area contributed by atoms with Gasteiger partial charge in [0.2, 0.25) is 0 Å². The van der Waals surface area contributed by atoms with Crippen LogP contribution in [0.1, 0.15) is 51.4 Å². The SMILES string of the molecule is NC(=NCCCCCCO)N1CCCCCC1. The van der Waals surface area contributed by atoms with Crippen LogP contribution in [-0.4, -0.2) is 42.2 Å². The molecule has 1 aliphatic heterocycles. The zero-order valence-electron chi connectivity index (χ0n) is 10.9. The fraction of sp³-hybridized carbons (Fsp3) is 0.923. The average molecular weight is 241 g/mol. The molecule has 1 fully saturated rings. The molecule has 0 radical (unpaired) electrons. The summed E-state index contributed by atoms with van der Waals surface area (Å²) in [6, 6.07) is 0. The van der Waals surface area contributed by atoms with Crippen molar-refractivity contribution in [3.63, 3.8) is 0 Å². The third kappa shape index (κ3) is 6.51. The molecule has 1 aliphatic rings. The van der Waals surface area contributed by atoms with Crippen LogP contribution in [0.2, 0.25) is 0 Å². The molecule has 100 valence electrons. The van der Waals surface area contributed by atoms with Crippen molar-refractivity contribution in [2.24, 2.45) is 10.7 Å². The standard InChI is InChI=1S/C13H27N3O/c14-13(15-9-5-1-4-8-12-17)16-10-6-2-3-7-11-16/h17H,1-12H2,(H2,14,15). The van der Waals surface area contributed by atoms with Gasteiger partial charge in [-0.1, -0.05) is 25.7 Å². The Labute approximate surface area is 105 Å². The van der Waals surface area contributed by atoms with Gasteiger partial charge in [0.05, 0.1) is 0 Å². The Morgan fingerprint density at radius 2 is 1.65 bits per heavy atom. The van der Waals surface area contributed by atoms with Crippen LogP contribution >= 0.6 is 0 Å². The van der Waals surface area contributed by atoms with Crippen molar-refractivity contribution in [1.82, 2.24) is 4.90 Å². The Balaban J connectivity index is 2.14. The van der Waals surface area contributed by atoms with Gasteiger partial charge in [-0.3, -0.25) is 4.99 Å². The molecular weight excluding hydrogens is 214 g/mol. The fourth-order valence-electron chi connectivity index (χ4n) is 2.17. The monoisotopic (exact) mass is 241 g/mol. The molecule has 0 bridgehead atoms. The Morgan fingerprint density at radius 3 is 2.29 bits per heavy atom. The Kier molecular flexibility index (Phi) is 7.80. The summed E-state index contributed by atoms with van der Waals surface area (Å²) in [6.45, 7) is 3.27. The predicted octanol–water partition coefficient (Wildman–Crippen LogP) is 1.73. The molecule has 0 spiro atoms. The van der Waals surface area contributed by atoms with Crippen LogP contribution in [0.25, 0.3) is 0 Å². The number of nitrogens with two attached hydrogens (primary N) is 1. The first-order chi connectivity index (χ1) is 8.34. The molecule has 1 rings (SSSR count). The van der Waals surface area contributed by atoms with E-state index in [4.69, 9.17) is 10.8 Å². The van der Waals surface area contributed by atoms with Crippen molar-refractivity contribution in [3.05, 3.63) is 0 Å². The smallest absolute Gasteiger partial charge is 0.191 e. The molecule has 4 nitrogen and oxygen atoms in total. The van der Waals surface area contributed by atoms with Crippen molar-refractivity contribution in [1.29, 1.82) is 0 Å². The van der Waals surface area contributed by atoms with E-state index in [1.54, 1.807) is 0 Å². The van der Waals surface area contributed by atoms with Gasteiger partial charge in [0.1, 0.15) is 0 Å². The maximum atomic E-state index is 8.65. The number of unbranched alkanes of at least 4 members (excludes halogenated alkanes) is 3. The lowest BCUT2D eigenvalue weighted by molar-refractivity contribution is 0.282. The van der Waals surface area contributed by atoms with E-state index in [1.807, 2.05) is 0 Å². The zero-order chi connectivity index (χ0) is 12.3. The van der Waals surface area contributed by atoms with E-state index in [1.165, 1.54) is 25.7 Å². The predicted molar refractivity (Wildman–Crippen MR) is 72.1 cm³/mol. The molecule has 17 heavy (non-hydrogen) atoms. The highest BCUT2D eigenvalue weighted by atomic mass is 16.2. The average Bonchev–Trinajstić information content (AvgIpc) is 2.62. The molecule has 0 amide bonds. The highest BCUT2D eigenvalue weighted by Gasteiger charge is 2.10. The van der Waals surface area contributed by atoms with Crippen LogP contribution in [0, 0.1) is 0 Å². The Morgan fingerprint density at radius 1 is 1.00 bits per heavy atom. The Bertz CT molecular complexity index is 211.